The van der Waals surface area contributed by atoms with Gasteiger partial charge in [-0.25, -0.2) is 9.97 Å². The summed E-state index contributed by atoms with van der Waals surface area (Å²) in [6.07, 6.45) is 4.61. The summed E-state index contributed by atoms with van der Waals surface area (Å²) < 4.78 is 0. The van der Waals surface area contributed by atoms with Crippen LogP contribution in [0.3, 0.4) is 0 Å². The lowest BCUT2D eigenvalue weighted by atomic mass is 9.87. The van der Waals surface area contributed by atoms with E-state index < -0.39 is 0 Å². The topological polar surface area (TPSA) is 58.0 Å². The molecule has 2 N–H and O–H groups in total. The number of hydrogen-bond donors (Lipinski definition) is 2. The summed E-state index contributed by atoms with van der Waals surface area (Å²) in [7, 11) is 0. The maximum atomic E-state index is 9.66. The van der Waals surface area contributed by atoms with E-state index in [-0.39, 0.29) is 12.0 Å². The van der Waals surface area contributed by atoms with Crippen LogP contribution in [0.25, 0.3) is 11.0 Å². The van der Waals surface area contributed by atoms with Crippen LogP contribution in [0.1, 0.15) is 31.4 Å². The van der Waals surface area contributed by atoms with Crippen LogP contribution in [0.4, 0.5) is 5.82 Å². The number of aromatic nitrogens is 2. The van der Waals surface area contributed by atoms with Crippen LogP contribution in [-0.2, 0) is 0 Å². The summed E-state index contributed by atoms with van der Waals surface area (Å²) in [5.74, 6) is 0.837. The summed E-state index contributed by atoms with van der Waals surface area (Å²) in [6.45, 7) is 3.00. The molecule has 4 nitrogen and oxygen atoms in total. The number of rotatable bonds is 4. The largest absolute Gasteiger partial charge is 0.396 e. The normalized spacial score (nSPS) is 17.5. The number of aliphatic hydroxyl groups excluding tert-OH is 1. The Labute approximate surface area is 119 Å². The van der Waals surface area contributed by atoms with Crippen molar-refractivity contribution in [3.63, 3.8) is 0 Å². The number of fused-ring (bicyclic) bond motifs is 1. The Morgan fingerprint density at radius 1 is 1.15 bits per heavy atom. The van der Waals surface area contributed by atoms with E-state index in [2.05, 4.69) is 15.3 Å². The molecule has 0 spiro atoms. The summed E-state index contributed by atoms with van der Waals surface area (Å²) in [6, 6.07) is 7.90. The lowest BCUT2D eigenvalue weighted by Gasteiger charge is -2.27. The molecule has 0 aliphatic heterocycles. The van der Waals surface area contributed by atoms with Gasteiger partial charge >= 0.3 is 0 Å². The second-order valence-corrected chi connectivity index (χ2v) is 5.87. The van der Waals surface area contributed by atoms with Gasteiger partial charge in [0.15, 0.2) is 0 Å². The summed E-state index contributed by atoms with van der Waals surface area (Å²) in [5.41, 5.74) is 2.77. The van der Waals surface area contributed by atoms with Gasteiger partial charge in [-0.1, -0.05) is 25.0 Å². The second-order valence-electron chi connectivity index (χ2n) is 5.87. The van der Waals surface area contributed by atoms with Crippen LogP contribution in [-0.4, -0.2) is 28.2 Å². The number of nitrogens with one attached hydrogen (secondary N) is 1. The molecule has 1 fully saturated rings. The number of hydrogen-bond acceptors (Lipinski definition) is 4. The molecule has 1 aromatic carbocycles. The van der Waals surface area contributed by atoms with E-state index in [0.717, 1.165) is 41.9 Å². The Morgan fingerprint density at radius 2 is 1.80 bits per heavy atom. The van der Waals surface area contributed by atoms with Gasteiger partial charge in [-0.05, 0) is 31.9 Å². The molecular weight excluding hydrogens is 250 g/mol. The van der Waals surface area contributed by atoms with Gasteiger partial charge in [-0.15, -0.1) is 0 Å². The molecule has 0 amide bonds. The lowest BCUT2D eigenvalue weighted by Crippen LogP contribution is -2.31. The molecule has 2 aromatic rings. The zero-order valence-corrected chi connectivity index (χ0v) is 11.9. The van der Waals surface area contributed by atoms with E-state index in [1.165, 1.54) is 12.8 Å². The number of para-hydroxylation sites is 2. The van der Waals surface area contributed by atoms with Gasteiger partial charge in [-0.2, -0.15) is 0 Å². The van der Waals surface area contributed by atoms with Crippen molar-refractivity contribution in [1.82, 2.24) is 9.97 Å². The molecule has 0 bridgehead atoms. The maximum absolute atomic E-state index is 9.66. The van der Waals surface area contributed by atoms with Gasteiger partial charge in [0.1, 0.15) is 5.82 Å². The van der Waals surface area contributed by atoms with Crippen LogP contribution >= 0.6 is 0 Å². The average Bonchev–Trinajstić information content (AvgIpc) is 2.94. The van der Waals surface area contributed by atoms with E-state index in [1.54, 1.807) is 0 Å². The SMILES string of the molecule is Cc1nc2ccccc2nc1NCC1(CO)CCCC1. The highest BCUT2D eigenvalue weighted by Crippen LogP contribution is 2.37. The van der Waals surface area contributed by atoms with E-state index in [1.807, 2.05) is 31.2 Å². The monoisotopic (exact) mass is 271 g/mol. The van der Waals surface area contributed by atoms with Crippen LogP contribution in [0.5, 0.6) is 0 Å². The predicted octanol–water partition coefficient (Wildman–Crippen LogP) is 2.90. The van der Waals surface area contributed by atoms with Crippen molar-refractivity contribution in [3.05, 3.63) is 30.0 Å². The third-order valence-electron chi connectivity index (χ3n) is 4.38. The van der Waals surface area contributed by atoms with Crippen molar-refractivity contribution < 1.29 is 5.11 Å². The van der Waals surface area contributed by atoms with Crippen molar-refractivity contribution >= 4 is 16.9 Å². The van der Waals surface area contributed by atoms with Crippen LogP contribution < -0.4 is 5.32 Å². The molecule has 0 unspecified atom stereocenters. The summed E-state index contributed by atoms with van der Waals surface area (Å²) >= 11 is 0. The molecule has 0 radical (unpaired) electrons. The van der Waals surface area contributed by atoms with Gasteiger partial charge in [-0.3, -0.25) is 0 Å². The first-order valence-electron chi connectivity index (χ1n) is 7.31. The number of anilines is 1. The maximum Gasteiger partial charge on any atom is 0.148 e. The Bertz CT molecular complexity index is 606. The van der Waals surface area contributed by atoms with E-state index in [0.29, 0.717) is 0 Å². The Morgan fingerprint density at radius 3 is 2.45 bits per heavy atom. The first kappa shape index (κ1) is 13.3. The fourth-order valence-electron chi connectivity index (χ4n) is 3.04. The van der Waals surface area contributed by atoms with Crippen LogP contribution in [0.15, 0.2) is 24.3 Å². The molecule has 1 aliphatic carbocycles. The van der Waals surface area contributed by atoms with Crippen molar-refractivity contribution in [1.29, 1.82) is 0 Å². The van der Waals surface area contributed by atoms with Crippen molar-refractivity contribution in [3.8, 4) is 0 Å². The molecule has 3 rings (SSSR count). The van der Waals surface area contributed by atoms with Crippen molar-refractivity contribution in [2.45, 2.75) is 32.6 Å². The van der Waals surface area contributed by atoms with E-state index in [4.69, 9.17) is 0 Å². The molecule has 1 aliphatic rings. The smallest absolute Gasteiger partial charge is 0.148 e. The number of aliphatic hydroxyl groups is 1. The minimum absolute atomic E-state index is 0.0275. The molecule has 4 heteroatoms. The van der Waals surface area contributed by atoms with Gasteiger partial charge in [0, 0.05) is 12.0 Å². The van der Waals surface area contributed by atoms with Crippen molar-refractivity contribution in [2.24, 2.45) is 5.41 Å². The molecule has 106 valence electrons. The minimum atomic E-state index is 0.0275. The Kier molecular flexibility index (Phi) is 3.57. The standard InChI is InChI=1S/C16H21N3O/c1-12-15(17-10-16(11-20)8-4-5-9-16)19-14-7-3-2-6-13(14)18-12/h2-3,6-7,20H,4-5,8-11H2,1H3,(H,17,19). The first-order valence-corrected chi connectivity index (χ1v) is 7.31. The van der Waals surface area contributed by atoms with Gasteiger partial charge in [0.25, 0.3) is 0 Å². The highest BCUT2D eigenvalue weighted by Gasteiger charge is 2.33. The first-order chi connectivity index (χ1) is 9.72. The highest BCUT2D eigenvalue weighted by atomic mass is 16.3. The Hall–Kier alpha value is -1.68. The number of benzene rings is 1. The lowest BCUT2D eigenvalue weighted by molar-refractivity contribution is 0.142. The number of nitrogens with zero attached hydrogens (tertiary/aromatic N) is 2. The second kappa shape index (κ2) is 5.37. The zero-order valence-electron chi connectivity index (χ0n) is 11.9. The number of aryl methyl sites for hydroxylation is 1. The third kappa shape index (κ3) is 2.48. The zero-order chi connectivity index (χ0) is 14.0. The minimum Gasteiger partial charge on any atom is -0.396 e. The molecular formula is C16H21N3O. The fourth-order valence-corrected chi connectivity index (χ4v) is 3.04. The van der Waals surface area contributed by atoms with Gasteiger partial charge in [0.05, 0.1) is 23.3 Å². The van der Waals surface area contributed by atoms with Gasteiger partial charge in [0.2, 0.25) is 0 Å². The summed E-state index contributed by atoms with van der Waals surface area (Å²) in [4.78, 5) is 9.23. The Balaban J connectivity index is 1.81. The van der Waals surface area contributed by atoms with E-state index >= 15 is 0 Å². The third-order valence-corrected chi connectivity index (χ3v) is 4.38. The summed E-state index contributed by atoms with van der Waals surface area (Å²) in [5, 5.41) is 13.1. The van der Waals surface area contributed by atoms with Crippen molar-refractivity contribution in [2.75, 3.05) is 18.5 Å². The molecule has 1 saturated carbocycles. The molecule has 0 atom stereocenters. The molecule has 1 heterocycles. The predicted molar refractivity (Wildman–Crippen MR) is 80.8 cm³/mol. The van der Waals surface area contributed by atoms with Crippen LogP contribution in [0, 0.1) is 12.3 Å². The average molecular weight is 271 g/mol. The molecule has 20 heavy (non-hydrogen) atoms. The molecule has 1 aromatic heterocycles. The quantitative estimate of drug-likeness (QED) is 0.897. The van der Waals surface area contributed by atoms with Crippen LogP contribution in [0.2, 0.25) is 0 Å². The fraction of sp³-hybridized carbons (Fsp3) is 0.500. The van der Waals surface area contributed by atoms with Gasteiger partial charge < -0.3 is 10.4 Å². The molecule has 0 saturated heterocycles. The highest BCUT2D eigenvalue weighted by molar-refractivity contribution is 5.76. The van der Waals surface area contributed by atoms with E-state index in [9.17, 15) is 5.11 Å².